The minimum absolute atomic E-state index is 0.00776. The maximum absolute atomic E-state index is 12.0. The van der Waals surface area contributed by atoms with Crippen LogP contribution < -0.4 is 0 Å². The maximum atomic E-state index is 12.0. The molecule has 4 fully saturated rings. The van der Waals surface area contributed by atoms with Gasteiger partial charge in [-0.1, -0.05) is 19.9 Å². The largest absolute Gasteiger partial charge is 0.456 e. The Labute approximate surface area is 149 Å². The maximum Gasteiger partial charge on any atom is 0.334 e. The number of ether oxygens (including phenoxy) is 3. The summed E-state index contributed by atoms with van der Waals surface area (Å²) in [5.41, 5.74) is 0.329. The number of fused-ring (bicyclic) bond motifs is 3. The smallest absolute Gasteiger partial charge is 0.334 e. The van der Waals surface area contributed by atoms with Gasteiger partial charge in [-0.3, -0.25) is 0 Å². The van der Waals surface area contributed by atoms with Crippen LogP contribution >= 0.6 is 0 Å². The molecule has 0 aromatic carbocycles. The van der Waals surface area contributed by atoms with E-state index in [1.54, 1.807) is 0 Å². The zero-order chi connectivity index (χ0) is 18.0. The second-order valence-corrected chi connectivity index (χ2v) is 8.97. The van der Waals surface area contributed by atoms with E-state index in [2.05, 4.69) is 20.4 Å². The summed E-state index contributed by atoms with van der Waals surface area (Å²) in [5.74, 6) is -0.446. The Hall–Kier alpha value is -0.910. The van der Waals surface area contributed by atoms with E-state index in [1.165, 1.54) is 0 Å². The SMILES string of the molecule is C=C1C(=O)O[C@@H]2[C@H](O)[C@@H](C)CCC[C@]3(C)O[C@H]3CC[C@]3(C)O[C@H]3C[C@H]12. The van der Waals surface area contributed by atoms with E-state index < -0.39 is 12.2 Å². The van der Waals surface area contributed by atoms with Crippen molar-refractivity contribution < 1.29 is 24.1 Å². The first-order valence-corrected chi connectivity index (χ1v) is 9.67. The van der Waals surface area contributed by atoms with Crippen LogP contribution in [-0.2, 0) is 19.0 Å². The Morgan fingerprint density at radius 3 is 2.56 bits per heavy atom. The van der Waals surface area contributed by atoms with E-state index in [9.17, 15) is 9.90 Å². The van der Waals surface area contributed by atoms with Crippen LogP contribution in [0, 0.1) is 11.8 Å². The molecule has 5 heteroatoms. The molecular weight excluding hydrogens is 320 g/mol. The van der Waals surface area contributed by atoms with Crippen molar-refractivity contribution in [2.75, 3.05) is 0 Å². The lowest BCUT2D eigenvalue weighted by Gasteiger charge is -2.28. The summed E-state index contributed by atoms with van der Waals surface area (Å²) in [6.07, 6.45) is 4.87. The molecule has 4 rings (SSSR count). The third-order valence-electron chi connectivity index (χ3n) is 7.04. The predicted octanol–water partition coefficient (Wildman–Crippen LogP) is 2.75. The van der Waals surface area contributed by atoms with Gasteiger partial charge in [-0.2, -0.15) is 0 Å². The average molecular weight is 350 g/mol. The van der Waals surface area contributed by atoms with Crippen LogP contribution in [0.1, 0.15) is 59.3 Å². The Morgan fingerprint density at radius 1 is 1.12 bits per heavy atom. The highest BCUT2D eigenvalue weighted by molar-refractivity contribution is 5.90. The highest BCUT2D eigenvalue weighted by atomic mass is 16.6. The van der Waals surface area contributed by atoms with Gasteiger partial charge in [0.25, 0.3) is 0 Å². The fraction of sp³-hybridized carbons (Fsp3) is 0.850. The summed E-state index contributed by atoms with van der Waals surface area (Å²) in [5, 5.41) is 10.8. The third-order valence-corrected chi connectivity index (χ3v) is 7.04. The molecule has 25 heavy (non-hydrogen) atoms. The summed E-state index contributed by atoms with van der Waals surface area (Å²) in [7, 11) is 0. The number of aliphatic hydroxyl groups excluding tert-OH is 1. The van der Waals surface area contributed by atoms with Crippen molar-refractivity contribution in [1.82, 2.24) is 0 Å². The Morgan fingerprint density at radius 2 is 1.80 bits per heavy atom. The molecule has 1 aliphatic carbocycles. The molecule has 3 heterocycles. The van der Waals surface area contributed by atoms with E-state index in [4.69, 9.17) is 14.2 Å². The summed E-state index contributed by atoms with van der Waals surface area (Å²) >= 11 is 0. The van der Waals surface area contributed by atoms with Crippen LogP contribution in [0.15, 0.2) is 12.2 Å². The van der Waals surface area contributed by atoms with Crippen molar-refractivity contribution in [3.63, 3.8) is 0 Å². The number of aliphatic hydroxyl groups is 1. The van der Waals surface area contributed by atoms with Crippen LogP contribution in [0.4, 0.5) is 0 Å². The lowest BCUT2D eigenvalue weighted by atomic mass is 9.81. The molecule has 3 saturated heterocycles. The van der Waals surface area contributed by atoms with Gasteiger partial charge in [-0.15, -0.1) is 0 Å². The van der Waals surface area contributed by atoms with Gasteiger partial charge in [-0.25, -0.2) is 4.79 Å². The van der Waals surface area contributed by atoms with Crippen LogP contribution in [-0.4, -0.2) is 46.7 Å². The molecule has 5 nitrogen and oxygen atoms in total. The molecule has 3 aliphatic heterocycles. The summed E-state index contributed by atoms with van der Waals surface area (Å²) in [4.78, 5) is 12.0. The summed E-state index contributed by atoms with van der Waals surface area (Å²) < 4.78 is 17.4. The zero-order valence-electron chi connectivity index (χ0n) is 15.5. The van der Waals surface area contributed by atoms with Gasteiger partial charge < -0.3 is 19.3 Å². The summed E-state index contributed by atoms with van der Waals surface area (Å²) in [6, 6.07) is 0. The van der Waals surface area contributed by atoms with Crippen LogP contribution in [0.3, 0.4) is 0 Å². The number of hydrogen-bond acceptors (Lipinski definition) is 5. The number of epoxide rings is 2. The van der Waals surface area contributed by atoms with Crippen molar-refractivity contribution in [1.29, 1.82) is 0 Å². The topological polar surface area (TPSA) is 71.6 Å². The van der Waals surface area contributed by atoms with Gasteiger partial charge in [0.1, 0.15) is 6.10 Å². The second kappa shape index (κ2) is 5.80. The fourth-order valence-electron chi connectivity index (χ4n) is 4.82. The quantitative estimate of drug-likeness (QED) is 0.413. The molecule has 4 aliphatic rings. The Kier molecular flexibility index (Phi) is 4.06. The number of carbonyl (C=O) groups is 1. The first kappa shape index (κ1) is 17.5. The first-order valence-electron chi connectivity index (χ1n) is 9.67. The van der Waals surface area contributed by atoms with E-state index in [-0.39, 0.29) is 35.1 Å². The van der Waals surface area contributed by atoms with Crippen molar-refractivity contribution in [3.05, 3.63) is 12.2 Å². The molecule has 1 N–H and O–H groups in total. The normalized spacial score (nSPS) is 53.1. The standard InChI is InChI=1S/C20H30O5/c1-11-6-5-8-19(3)14(24-19)7-9-20(4)15(25-20)10-13-12(2)18(22)23-17(13)16(11)21/h11,13-17,21H,2,5-10H2,1,3-4H3/t11-,13+,14-,15-,16+,17-,19-,20-/m0/s1. The van der Waals surface area contributed by atoms with E-state index in [0.29, 0.717) is 18.1 Å². The molecule has 0 spiro atoms. The van der Waals surface area contributed by atoms with Gasteiger partial charge >= 0.3 is 5.97 Å². The van der Waals surface area contributed by atoms with Gasteiger partial charge in [0.15, 0.2) is 0 Å². The molecule has 0 amide bonds. The average Bonchev–Trinajstić information content (AvgIpc) is 3.38. The molecule has 8 atom stereocenters. The Bertz CT molecular complexity index is 589. The number of rotatable bonds is 0. The number of carbonyl (C=O) groups excluding carboxylic acids is 1. The van der Waals surface area contributed by atoms with Crippen LogP contribution in [0.25, 0.3) is 0 Å². The fourth-order valence-corrected chi connectivity index (χ4v) is 4.82. The van der Waals surface area contributed by atoms with Gasteiger partial charge in [0, 0.05) is 11.5 Å². The molecule has 0 radical (unpaired) electrons. The molecule has 1 saturated carbocycles. The summed E-state index contributed by atoms with van der Waals surface area (Å²) in [6.45, 7) is 10.3. The second-order valence-electron chi connectivity index (χ2n) is 8.97. The van der Waals surface area contributed by atoms with Crippen molar-refractivity contribution >= 4 is 5.97 Å². The molecule has 0 aromatic heterocycles. The molecule has 0 aromatic rings. The van der Waals surface area contributed by atoms with Gasteiger partial charge in [-0.05, 0) is 51.9 Å². The van der Waals surface area contributed by atoms with E-state index in [1.807, 2.05) is 6.92 Å². The van der Waals surface area contributed by atoms with Crippen molar-refractivity contribution in [2.45, 2.75) is 94.9 Å². The highest BCUT2D eigenvalue weighted by Gasteiger charge is 2.58. The highest BCUT2D eigenvalue weighted by Crippen LogP contribution is 2.51. The first-order chi connectivity index (χ1) is 11.7. The molecule has 140 valence electrons. The van der Waals surface area contributed by atoms with Crippen LogP contribution in [0.5, 0.6) is 0 Å². The van der Waals surface area contributed by atoms with Crippen molar-refractivity contribution in [3.8, 4) is 0 Å². The lowest BCUT2D eigenvalue weighted by Crippen LogP contribution is -2.37. The lowest BCUT2D eigenvalue weighted by molar-refractivity contribution is -0.146. The molecule has 0 bridgehead atoms. The minimum atomic E-state index is -0.662. The molecule has 0 unspecified atom stereocenters. The van der Waals surface area contributed by atoms with Crippen molar-refractivity contribution in [2.24, 2.45) is 11.8 Å². The number of hydrogen-bond donors (Lipinski definition) is 1. The van der Waals surface area contributed by atoms with Gasteiger partial charge in [0.2, 0.25) is 0 Å². The third kappa shape index (κ3) is 3.04. The van der Waals surface area contributed by atoms with E-state index in [0.717, 1.165) is 32.1 Å². The Balaban J connectivity index is 1.53. The molecular formula is C20H30O5. The zero-order valence-corrected chi connectivity index (χ0v) is 15.5. The predicted molar refractivity (Wildman–Crippen MR) is 91.9 cm³/mol. The monoisotopic (exact) mass is 350 g/mol. The minimum Gasteiger partial charge on any atom is -0.456 e. The number of esters is 1. The van der Waals surface area contributed by atoms with Gasteiger partial charge in [0.05, 0.1) is 29.5 Å². The van der Waals surface area contributed by atoms with Crippen LogP contribution in [0.2, 0.25) is 0 Å². The van der Waals surface area contributed by atoms with E-state index >= 15 is 0 Å².